The molecule has 9 heteroatoms. The minimum absolute atomic E-state index is 0.167. The van der Waals surface area contributed by atoms with Crippen LogP contribution in [0.5, 0.6) is 0 Å². The minimum Gasteiger partial charge on any atom is -0.453 e. The minimum atomic E-state index is -3.61. The van der Waals surface area contributed by atoms with E-state index in [1.54, 1.807) is 23.9 Å². The molecule has 2 aromatic rings. The number of ether oxygens (including phenoxy) is 1. The van der Waals surface area contributed by atoms with E-state index >= 15 is 0 Å². The standard InChI is InChI=1S/C19H21ClN2O4S2/c1-26-19(23)21-14-6-8-15(9-7-14)28(24,25)22-11-10-18(27-13-12-22)16-4-2-3-5-17(16)20/h2-9,18H,10-13H2,1H3,(H,21,23)/t18-/m0/s1. The number of halogens is 1. The second-order valence-corrected chi connectivity index (χ2v) is 9.87. The molecule has 1 aliphatic rings. The zero-order chi connectivity index (χ0) is 20.1. The lowest BCUT2D eigenvalue weighted by Crippen LogP contribution is -2.33. The van der Waals surface area contributed by atoms with Gasteiger partial charge in [0, 0.05) is 34.8 Å². The largest absolute Gasteiger partial charge is 0.453 e. The summed E-state index contributed by atoms with van der Waals surface area (Å²) >= 11 is 8.04. The number of carbonyl (C=O) groups is 1. The Labute approximate surface area is 174 Å². The monoisotopic (exact) mass is 440 g/mol. The van der Waals surface area contributed by atoms with E-state index in [1.165, 1.54) is 23.5 Å². The van der Waals surface area contributed by atoms with Crippen molar-refractivity contribution in [1.29, 1.82) is 0 Å². The number of hydrogen-bond donors (Lipinski definition) is 1. The van der Waals surface area contributed by atoms with Crippen molar-refractivity contribution in [2.24, 2.45) is 0 Å². The molecule has 28 heavy (non-hydrogen) atoms. The Morgan fingerprint density at radius 3 is 2.57 bits per heavy atom. The number of nitrogens with zero attached hydrogens (tertiary/aromatic N) is 1. The van der Waals surface area contributed by atoms with Gasteiger partial charge < -0.3 is 4.74 Å². The zero-order valence-corrected chi connectivity index (χ0v) is 17.7. The maximum absolute atomic E-state index is 13.0. The lowest BCUT2D eigenvalue weighted by Gasteiger charge is -2.20. The van der Waals surface area contributed by atoms with Crippen LogP contribution in [0.15, 0.2) is 53.4 Å². The second-order valence-electron chi connectivity index (χ2n) is 6.21. The summed E-state index contributed by atoms with van der Waals surface area (Å²) in [7, 11) is -2.34. The SMILES string of the molecule is COC(=O)Nc1ccc(S(=O)(=O)N2CCS[C@H](c3ccccc3Cl)CC2)cc1. The maximum atomic E-state index is 13.0. The zero-order valence-electron chi connectivity index (χ0n) is 15.3. The second kappa shape index (κ2) is 9.17. The molecule has 0 radical (unpaired) electrons. The number of hydrogen-bond acceptors (Lipinski definition) is 5. The van der Waals surface area contributed by atoms with Gasteiger partial charge in [-0.15, -0.1) is 0 Å². The number of anilines is 1. The number of methoxy groups -OCH3 is 1. The summed E-state index contributed by atoms with van der Waals surface area (Å²) in [6.07, 6.45) is 0.0843. The molecule has 0 bridgehead atoms. The number of amides is 1. The van der Waals surface area contributed by atoms with Crippen LogP contribution in [0.2, 0.25) is 5.02 Å². The highest BCUT2D eigenvalue weighted by molar-refractivity contribution is 7.99. The van der Waals surface area contributed by atoms with E-state index in [1.807, 2.05) is 24.3 Å². The van der Waals surface area contributed by atoms with Crippen LogP contribution in [0.1, 0.15) is 17.2 Å². The smallest absolute Gasteiger partial charge is 0.411 e. The van der Waals surface area contributed by atoms with Gasteiger partial charge in [-0.3, -0.25) is 5.32 Å². The third kappa shape index (κ3) is 4.81. The van der Waals surface area contributed by atoms with Crippen molar-refractivity contribution < 1.29 is 17.9 Å². The van der Waals surface area contributed by atoms with Crippen LogP contribution < -0.4 is 5.32 Å². The summed E-state index contributed by atoms with van der Waals surface area (Å²) in [6.45, 7) is 0.865. The molecule has 1 heterocycles. The summed E-state index contributed by atoms with van der Waals surface area (Å²) in [5.74, 6) is 0.692. The molecule has 1 N–H and O–H groups in total. The van der Waals surface area contributed by atoms with Crippen LogP contribution in [0, 0.1) is 0 Å². The fourth-order valence-electron chi connectivity index (χ4n) is 3.00. The molecule has 1 amide bonds. The lowest BCUT2D eigenvalue weighted by atomic mass is 10.1. The average molecular weight is 441 g/mol. The van der Waals surface area contributed by atoms with Gasteiger partial charge in [0.25, 0.3) is 0 Å². The highest BCUT2D eigenvalue weighted by Crippen LogP contribution is 2.38. The summed E-state index contributed by atoms with van der Waals surface area (Å²) in [4.78, 5) is 11.4. The van der Waals surface area contributed by atoms with E-state index in [9.17, 15) is 13.2 Å². The van der Waals surface area contributed by atoms with Crippen LogP contribution in [-0.4, -0.2) is 44.8 Å². The van der Waals surface area contributed by atoms with E-state index in [4.69, 9.17) is 11.6 Å². The van der Waals surface area contributed by atoms with Gasteiger partial charge in [0.15, 0.2) is 0 Å². The fraction of sp³-hybridized carbons (Fsp3) is 0.316. The Hall–Kier alpha value is -1.74. The Morgan fingerprint density at radius 2 is 1.89 bits per heavy atom. The molecule has 1 fully saturated rings. The quantitative estimate of drug-likeness (QED) is 0.763. The summed E-state index contributed by atoms with van der Waals surface area (Å²) in [6, 6.07) is 13.8. The molecule has 6 nitrogen and oxygen atoms in total. The van der Waals surface area contributed by atoms with Gasteiger partial charge in [0.05, 0.1) is 12.0 Å². The van der Waals surface area contributed by atoms with Gasteiger partial charge >= 0.3 is 6.09 Å². The predicted octanol–water partition coefficient (Wildman–Crippen LogP) is 4.39. The maximum Gasteiger partial charge on any atom is 0.411 e. The molecule has 0 unspecified atom stereocenters. The van der Waals surface area contributed by atoms with Crippen molar-refractivity contribution in [2.75, 3.05) is 31.3 Å². The normalized spacial score (nSPS) is 18.3. The molecule has 1 saturated heterocycles. The van der Waals surface area contributed by atoms with Crippen LogP contribution in [0.25, 0.3) is 0 Å². The summed E-state index contributed by atoms with van der Waals surface area (Å²) in [5.41, 5.74) is 1.52. The van der Waals surface area contributed by atoms with E-state index in [0.29, 0.717) is 36.0 Å². The molecule has 0 saturated carbocycles. The number of sulfonamides is 1. The molecule has 1 aliphatic heterocycles. The van der Waals surface area contributed by atoms with Gasteiger partial charge in [-0.25, -0.2) is 13.2 Å². The third-order valence-electron chi connectivity index (χ3n) is 4.48. The molecule has 3 rings (SSSR count). The highest BCUT2D eigenvalue weighted by Gasteiger charge is 2.29. The van der Waals surface area contributed by atoms with E-state index in [-0.39, 0.29) is 10.1 Å². The van der Waals surface area contributed by atoms with Gasteiger partial charge in [0.1, 0.15) is 0 Å². The van der Waals surface area contributed by atoms with Gasteiger partial charge in [-0.05, 0) is 42.3 Å². The third-order valence-corrected chi connectivity index (χ3v) is 8.04. The van der Waals surface area contributed by atoms with Crippen molar-refractivity contribution in [3.05, 3.63) is 59.1 Å². The average Bonchev–Trinajstić information content (AvgIpc) is 2.95. The molecule has 0 spiro atoms. The van der Waals surface area contributed by atoms with Crippen molar-refractivity contribution in [1.82, 2.24) is 4.31 Å². The van der Waals surface area contributed by atoms with Crippen molar-refractivity contribution in [3.8, 4) is 0 Å². The Bertz CT molecular complexity index is 935. The Kier molecular flexibility index (Phi) is 6.87. The molecular formula is C19H21ClN2O4S2. The summed E-state index contributed by atoms with van der Waals surface area (Å²) < 4.78 is 32.1. The first-order chi connectivity index (χ1) is 13.4. The van der Waals surface area contributed by atoms with E-state index < -0.39 is 16.1 Å². The number of carbonyl (C=O) groups excluding carboxylic acids is 1. The van der Waals surface area contributed by atoms with Crippen LogP contribution in [0.3, 0.4) is 0 Å². The van der Waals surface area contributed by atoms with Crippen molar-refractivity contribution in [2.45, 2.75) is 16.6 Å². The first kappa shape index (κ1) is 21.0. The van der Waals surface area contributed by atoms with Crippen molar-refractivity contribution in [3.63, 3.8) is 0 Å². The first-order valence-corrected chi connectivity index (χ1v) is 11.6. The van der Waals surface area contributed by atoms with Gasteiger partial charge in [-0.1, -0.05) is 29.8 Å². The molecule has 2 aromatic carbocycles. The first-order valence-electron chi connectivity index (χ1n) is 8.73. The lowest BCUT2D eigenvalue weighted by molar-refractivity contribution is 0.187. The number of thioether (sulfide) groups is 1. The molecule has 150 valence electrons. The molecule has 1 atom stereocenters. The number of benzene rings is 2. The Morgan fingerprint density at radius 1 is 1.18 bits per heavy atom. The van der Waals surface area contributed by atoms with Crippen LogP contribution in [0.4, 0.5) is 10.5 Å². The van der Waals surface area contributed by atoms with Crippen LogP contribution in [-0.2, 0) is 14.8 Å². The van der Waals surface area contributed by atoms with Crippen molar-refractivity contribution >= 4 is 45.2 Å². The van der Waals surface area contributed by atoms with Crippen LogP contribution >= 0.6 is 23.4 Å². The van der Waals surface area contributed by atoms with E-state index in [0.717, 1.165) is 5.56 Å². The number of nitrogens with one attached hydrogen (secondary N) is 1. The van der Waals surface area contributed by atoms with Gasteiger partial charge in [-0.2, -0.15) is 16.1 Å². The predicted molar refractivity (Wildman–Crippen MR) is 112 cm³/mol. The Balaban J connectivity index is 1.72. The van der Waals surface area contributed by atoms with Gasteiger partial charge in [0.2, 0.25) is 10.0 Å². The topological polar surface area (TPSA) is 75.7 Å². The molecular weight excluding hydrogens is 420 g/mol. The van der Waals surface area contributed by atoms with E-state index in [2.05, 4.69) is 10.1 Å². The highest BCUT2D eigenvalue weighted by atomic mass is 35.5. The summed E-state index contributed by atoms with van der Waals surface area (Å²) in [5, 5.41) is 3.38. The number of rotatable bonds is 4. The molecule has 0 aromatic heterocycles. The fourth-order valence-corrected chi connectivity index (χ4v) is 6.17. The molecule has 0 aliphatic carbocycles.